The highest BCUT2D eigenvalue weighted by Gasteiger charge is 2.22. The van der Waals surface area contributed by atoms with Crippen LogP contribution in [0.2, 0.25) is 5.28 Å². The summed E-state index contributed by atoms with van der Waals surface area (Å²) in [6, 6.07) is 13.5. The number of sulfone groups is 1. The molecule has 53 heavy (non-hydrogen) atoms. The second kappa shape index (κ2) is 14.8. The summed E-state index contributed by atoms with van der Waals surface area (Å²) in [6.45, 7) is 0.663. The van der Waals surface area contributed by atoms with Crippen LogP contribution in [0.25, 0.3) is 10.8 Å². The molecule has 0 spiro atoms. The van der Waals surface area contributed by atoms with Gasteiger partial charge in [0.2, 0.25) is 17.2 Å². The van der Waals surface area contributed by atoms with Crippen molar-refractivity contribution in [2.75, 3.05) is 23.0 Å². The van der Waals surface area contributed by atoms with Crippen LogP contribution >= 0.6 is 11.6 Å². The Kier molecular flexibility index (Phi) is 11.0. The van der Waals surface area contributed by atoms with Crippen LogP contribution in [0, 0.1) is 6.92 Å². The van der Waals surface area contributed by atoms with Gasteiger partial charge in [-0.1, -0.05) is 12.1 Å². The zero-order valence-corrected chi connectivity index (χ0v) is 30.5. The van der Waals surface area contributed by atoms with E-state index in [1.807, 2.05) is 0 Å². The number of aromatic hydroxyl groups is 1. The molecular weight excluding hydrogens is 806 g/mol. The normalized spacial score (nSPS) is 12.7. The second-order valence-electron chi connectivity index (χ2n) is 10.7. The predicted octanol–water partition coefficient (Wildman–Crippen LogP) is 4.68. The van der Waals surface area contributed by atoms with Crippen LogP contribution in [0.15, 0.2) is 91.6 Å². The fourth-order valence-electron chi connectivity index (χ4n) is 4.68. The average molecular weight is 830 g/mol. The van der Waals surface area contributed by atoms with Crippen LogP contribution < -0.4 is 10.6 Å². The quantitative estimate of drug-likeness (QED) is 0.0693. The molecule has 25 heteroatoms. The molecule has 5 rings (SSSR count). The monoisotopic (exact) mass is 829 g/mol. The Hall–Kier alpha value is -4.92. The SMILES string of the molecule is Cc1cc2cc(S(=O)(=O)O)cc(Nc3nc(Cl)nc(Nc4ccc(S(=O)(=O)CCOS(=O)(=O)O)cc4)n3)c2c(O)c1N=Nc1ccccc1S(=O)(=O)O. The molecule has 0 saturated carbocycles. The number of aromatic nitrogens is 3. The van der Waals surface area contributed by atoms with Gasteiger partial charge in [0.05, 0.1) is 27.8 Å². The van der Waals surface area contributed by atoms with Crippen molar-refractivity contribution in [2.45, 2.75) is 21.6 Å². The number of benzene rings is 4. The number of rotatable bonds is 13. The Balaban J connectivity index is 1.50. The minimum Gasteiger partial charge on any atom is -0.505 e. The Morgan fingerprint density at radius 2 is 1.42 bits per heavy atom. The van der Waals surface area contributed by atoms with Crippen molar-refractivity contribution in [1.29, 1.82) is 0 Å². The molecule has 0 amide bonds. The van der Waals surface area contributed by atoms with Crippen LogP contribution in [-0.4, -0.2) is 79.7 Å². The molecule has 0 atom stereocenters. The lowest BCUT2D eigenvalue weighted by molar-refractivity contribution is 0.284. The molecule has 0 aliphatic heterocycles. The van der Waals surface area contributed by atoms with Gasteiger partial charge in [0.15, 0.2) is 15.6 Å². The number of halogens is 1. The molecule has 1 aromatic heterocycles. The van der Waals surface area contributed by atoms with Gasteiger partial charge >= 0.3 is 10.4 Å². The van der Waals surface area contributed by atoms with E-state index in [1.165, 1.54) is 55.5 Å². The largest absolute Gasteiger partial charge is 0.505 e. The number of phenols is 1. The topological polar surface area (TPSA) is 314 Å². The van der Waals surface area contributed by atoms with Gasteiger partial charge in [-0.2, -0.15) is 40.2 Å². The first-order valence-corrected chi connectivity index (χ1v) is 20.5. The summed E-state index contributed by atoms with van der Waals surface area (Å²) in [4.78, 5) is 10.7. The minimum absolute atomic E-state index is 0.0769. The van der Waals surface area contributed by atoms with Crippen LogP contribution in [0.3, 0.4) is 0 Å². The molecule has 0 saturated heterocycles. The number of hydrogen-bond donors (Lipinski definition) is 6. The van der Waals surface area contributed by atoms with Gasteiger partial charge in [-0.15, -0.1) is 10.2 Å². The number of azo groups is 1. The summed E-state index contributed by atoms with van der Waals surface area (Å²) in [5.74, 6) is -1.85. The van der Waals surface area contributed by atoms with Crippen molar-refractivity contribution < 1.29 is 56.6 Å². The maximum Gasteiger partial charge on any atom is 0.397 e. The van der Waals surface area contributed by atoms with E-state index in [1.54, 1.807) is 0 Å². The van der Waals surface area contributed by atoms with Crippen LogP contribution in [0.4, 0.5) is 34.6 Å². The summed E-state index contributed by atoms with van der Waals surface area (Å²) in [7, 11) is -18.4. The third-order valence-corrected chi connectivity index (χ3v) is 11.0. The van der Waals surface area contributed by atoms with Crippen molar-refractivity contribution in [2.24, 2.45) is 10.2 Å². The fraction of sp³-hybridized carbons (Fsp3) is 0.107. The van der Waals surface area contributed by atoms with E-state index in [0.717, 1.165) is 18.2 Å². The second-order valence-corrected chi connectivity index (χ2v) is 17.0. The molecule has 0 aliphatic carbocycles. The van der Waals surface area contributed by atoms with Gasteiger partial charge in [0.1, 0.15) is 16.3 Å². The number of nitrogens with one attached hydrogen (secondary N) is 2. The van der Waals surface area contributed by atoms with E-state index >= 15 is 0 Å². The average Bonchev–Trinajstić information content (AvgIpc) is 3.03. The van der Waals surface area contributed by atoms with E-state index in [9.17, 15) is 47.9 Å². The number of fused-ring (bicyclic) bond motifs is 1. The fourth-order valence-corrected chi connectivity index (χ4v) is 7.50. The van der Waals surface area contributed by atoms with E-state index in [4.69, 9.17) is 16.2 Å². The molecule has 0 fully saturated rings. The highest BCUT2D eigenvalue weighted by molar-refractivity contribution is 7.91. The Morgan fingerprint density at radius 3 is 2.04 bits per heavy atom. The number of nitrogens with zero attached hydrogens (tertiary/aromatic N) is 5. The van der Waals surface area contributed by atoms with Crippen molar-refractivity contribution in [3.8, 4) is 5.75 Å². The number of phenolic OH excluding ortho intramolecular Hbond substituents is 1. The summed E-state index contributed by atoms with van der Waals surface area (Å²) >= 11 is 6.12. The van der Waals surface area contributed by atoms with Gasteiger partial charge in [0, 0.05) is 11.1 Å². The Bertz CT molecular complexity index is 2730. The summed E-state index contributed by atoms with van der Waals surface area (Å²) in [5.41, 5.74) is -0.151. The summed E-state index contributed by atoms with van der Waals surface area (Å²) in [5, 5.41) is 24.4. The van der Waals surface area contributed by atoms with Crippen molar-refractivity contribution in [3.63, 3.8) is 0 Å². The first-order chi connectivity index (χ1) is 24.6. The van der Waals surface area contributed by atoms with Crippen molar-refractivity contribution in [1.82, 2.24) is 15.0 Å². The predicted molar refractivity (Wildman–Crippen MR) is 188 cm³/mol. The maximum atomic E-state index is 12.5. The van der Waals surface area contributed by atoms with Gasteiger partial charge < -0.3 is 15.7 Å². The first kappa shape index (κ1) is 39.3. The molecule has 0 aliphatic rings. The smallest absolute Gasteiger partial charge is 0.397 e. The van der Waals surface area contributed by atoms with E-state index in [-0.39, 0.29) is 61.2 Å². The highest BCUT2D eigenvalue weighted by Crippen LogP contribution is 2.44. The third kappa shape index (κ3) is 9.75. The zero-order chi connectivity index (χ0) is 38.9. The molecule has 0 radical (unpaired) electrons. The Morgan fingerprint density at radius 1 is 0.774 bits per heavy atom. The number of anilines is 4. The maximum absolute atomic E-state index is 12.5. The Labute approximate surface area is 306 Å². The van der Waals surface area contributed by atoms with Gasteiger partial charge in [0.25, 0.3) is 20.2 Å². The first-order valence-electron chi connectivity index (χ1n) is 14.3. The minimum atomic E-state index is -4.83. The van der Waals surface area contributed by atoms with Crippen LogP contribution in [0.1, 0.15) is 5.56 Å². The highest BCUT2D eigenvalue weighted by atomic mass is 35.5. The lowest BCUT2D eigenvalue weighted by Gasteiger charge is -2.15. The molecule has 0 bridgehead atoms. The van der Waals surface area contributed by atoms with E-state index < -0.39 is 68.4 Å². The molecule has 280 valence electrons. The van der Waals surface area contributed by atoms with E-state index in [0.29, 0.717) is 0 Å². The molecule has 6 N–H and O–H groups in total. The standard InChI is InChI=1S/C28H24ClN7O13S4/c1-15-12-16-13-19(51(40,41)42)14-21(23(16)25(37)24(15)36-35-20-4-2-3-5-22(20)52(43,44)45)31-28-33-26(29)32-27(34-28)30-17-6-8-18(9-7-17)50(38,39)11-10-49-53(46,47)48/h2-9,12-14,37H,10-11H2,1H3,(H,40,41,42)(H,43,44,45)(H,46,47,48)(H2,30,31,32,33,34). The van der Waals surface area contributed by atoms with Crippen molar-refractivity contribution >= 4 is 97.5 Å². The lowest BCUT2D eigenvalue weighted by atomic mass is 10.0. The molecule has 5 aromatic rings. The number of aryl methyl sites for hydroxylation is 1. The zero-order valence-electron chi connectivity index (χ0n) is 26.5. The third-order valence-electron chi connectivity index (χ3n) is 6.96. The van der Waals surface area contributed by atoms with Gasteiger partial charge in [-0.05, 0) is 84.1 Å². The summed E-state index contributed by atoms with van der Waals surface area (Å²) < 4.78 is 127. The van der Waals surface area contributed by atoms with Gasteiger partial charge in [-0.3, -0.25) is 13.7 Å². The number of hydrogen-bond acceptors (Lipinski definition) is 17. The van der Waals surface area contributed by atoms with Crippen molar-refractivity contribution in [3.05, 3.63) is 77.6 Å². The van der Waals surface area contributed by atoms with E-state index in [2.05, 4.69) is 40.0 Å². The van der Waals surface area contributed by atoms with Gasteiger partial charge in [-0.25, -0.2) is 12.6 Å². The van der Waals surface area contributed by atoms with Crippen LogP contribution in [0.5, 0.6) is 5.75 Å². The summed E-state index contributed by atoms with van der Waals surface area (Å²) in [6.07, 6.45) is 0. The van der Waals surface area contributed by atoms with Crippen LogP contribution in [-0.2, 0) is 44.7 Å². The molecule has 1 heterocycles. The lowest BCUT2D eigenvalue weighted by Crippen LogP contribution is -2.15. The molecule has 20 nitrogen and oxygen atoms in total. The molecule has 4 aromatic carbocycles. The molecular formula is C28H24ClN7O13S4. The molecule has 0 unspecified atom stereocenters.